The fraction of sp³-hybridized carbons (Fsp3) is 0.308. The van der Waals surface area contributed by atoms with Gasteiger partial charge in [-0.1, -0.05) is 25.1 Å². The van der Waals surface area contributed by atoms with Gasteiger partial charge in [0.05, 0.1) is 11.4 Å². The summed E-state index contributed by atoms with van der Waals surface area (Å²) in [5.41, 5.74) is 1.18. The van der Waals surface area contributed by atoms with Crippen molar-refractivity contribution in [3.63, 3.8) is 0 Å². The van der Waals surface area contributed by atoms with Crippen molar-refractivity contribution in [2.24, 2.45) is 7.05 Å². The predicted molar refractivity (Wildman–Crippen MR) is 70.5 cm³/mol. The van der Waals surface area contributed by atoms with Gasteiger partial charge in [0.2, 0.25) is 0 Å². The summed E-state index contributed by atoms with van der Waals surface area (Å²) in [7, 11) is 2.01. The summed E-state index contributed by atoms with van der Waals surface area (Å²) in [6, 6.07) is 10.3. The third kappa shape index (κ3) is 2.64. The Labute approximate surface area is 104 Å². The van der Waals surface area contributed by atoms with E-state index >= 15 is 0 Å². The van der Waals surface area contributed by atoms with Crippen LogP contribution in [-0.2, 0) is 11.8 Å². The number of hydrogen-bond acceptors (Lipinski definition) is 2. The molecule has 1 unspecified atom stereocenters. The number of benzene rings is 1. The first-order valence-electron chi connectivity index (χ1n) is 5.51. The summed E-state index contributed by atoms with van der Waals surface area (Å²) in [6.07, 6.45) is 0.187. The summed E-state index contributed by atoms with van der Waals surface area (Å²) in [6.45, 7) is 1.94. The zero-order chi connectivity index (χ0) is 12.4. The molecular weight excluding hydrogens is 234 g/mol. The number of para-hydroxylation sites is 1. The first kappa shape index (κ1) is 12.0. The summed E-state index contributed by atoms with van der Waals surface area (Å²) >= 11 is 1.61. The van der Waals surface area contributed by atoms with Crippen LogP contribution in [-0.4, -0.2) is 20.9 Å². The largest absolute Gasteiger partial charge is 0.481 e. The van der Waals surface area contributed by atoms with Crippen molar-refractivity contribution in [2.45, 2.75) is 23.6 Å². The number of carbonyl (C=O) groups is 1. The molecule has 0 aliphatic carbocycles. The van der Waals surface area contributed by atoms with Gasteiger partial charge in [-0.05, 0) is 12.1 Å². The molecular formula is C13H15NO2S. The van der Waals surface area contributed by atoms with Crippen LogP contribution in [0.5, 0.6) is 0 Å². The zero-order valence-corrected chi connectivity index (χ0v) is 10.7. The highest BCUT2D eigenvalue weighted by atomic mass is 32.2. The summed E-state index contributed by atoms with van der Waals surface area (Å²) < 4.78 is 2.11. The number of thioether (sulfide) groups is 1. The van der Waals surface area contributed by atoms with Crippen molar-refractivity contribution in [1.29, 1.82) is 0 Å². The predicted octanol–water partition coefficient (Wildman–Crippen LogP) is 3.13. The molecule has 0 aliphatic heterocycles. The smallest absolute Gasteiger partial charge is 0.304 e. The van der Waals surface area contributed by atoms with Crippen LogP contribution in [0.1, 0.15) is 13.3 Å². The van der Waals surface area contributed by atoms with Gasteiger partial charge in [-0.2, -0.15) is 0 Å². The van der Waals surface area contributed by atoms with E-state index in [1.807, 2.05) is 26.1 Å². The molecule has 1 aromatic heterocycles. The van der Waals surface area contributed by atoms with E-state index in [0.717, 1.165) is 5.03 Å². The fourth-order valence-electron chi connectivity index (χ4n) is 1.87. The molecule has 1 atom stereocenters. The lowest BCUT2D eigenvalue weighted by atomic mass is 10.2. The number of aryl methyl sites for hydroxylation is 1. The summed E-state index contributed by atoms with van der Waals surface area (Å²) in [5, 5.41) is 11.1. The molecule has 4 heteroatoms. The molecule has 3 nitrogen and oxygen atoms in total. The van der Waals surface area contributed by atoms with Gasteiger partial charge < -0.3 is 9.67 Å². The number of nitrogens with zero attached hydrogens (tertiary/aromatic N) is 1. The Morgan fingerprint density at radius 1 is 1.47 bits per heavy atom. The minimum Gasteiger partial charge on any atom is -0.481 e. The van der Waals surface area contributed by atoms with Gasteiger partial charge in [-0.25, -0.2) is 0 Å². The topological polar surface area (TPSA) is 42.2 Å². The van der Waals surface area contributed by atoms with Gasteiger partial charge in [0.25, 0.3) is 0 Å². The van der Waals surface area contributed by atoms with Crippen LogP contribution < -0.4 is 0 Å². The van der Waals surface area contributed by atoms with Gasteiger partial charge in [-0.3, -0.25) is 4.79 Å². The van der Waals surface area contributed by atoms with Crippen LogP contribution in [0.3, 0.4) is 0 Å². The van der Waals surface area contributed by atoms with Crippen LogP contribution in [0.25, 0.3) is 10.9 Å². The standard InChI is InChI=1S/C13H15NO2S/c1-9(7-13(15)16)17-12-8-10-5-3-4-6-11(10)14(12)2/h3-6,8-9H,7H2,1-2H3,(H,15,16). The van der Waals surface area contributed by atoms with E-state index in [9.17, 15) is 4.79 Å². The molecule has 0 saturated carbocycles. The molecule has 1 heterocycles. The van der Waals surface area contributed by atoms with Crippen LogP contribution in [0.15, 0.2) is 35.4 Å². The lowest BCUT2D eigenvalue weighted by Crippen LogP contribution is -2.06. The molecule has 90 valence electrons. The molecule has 0 bridgehead atoms. The maximum absolute atomic E-state index is 10.6. The van der Waals surface area contributed by atoms with E-state index in [-0.39, 0.29) is 11.7 Å². The number of hydrogen-bond donors (Lipinski definition) is 1. The quantitative estimate of drug-likeness (QED) is 0.846. The second-order valence-electron chi connectivity index (χ2n) is 4.13. The van der Waals surface area contributed by atoms with Crippen molar-refractivity contribution in [2.75, 3.05) is 0 Å². The number of carboxylic acids is 1. The highest BCUT2D eigenvalue weighted by Crippen LogP contribution is 2.30. The highest BCUT2D eigenvalue weighted by Gasteiger charge is 2.12. The van der Waals surface area contributed by atoms with Crippen LogP contribution >= 0.6 is 11.8 Å². The Morgan fingerprint density at radius 3 is 2.82 bits per heavy atom. The van der Waals surface area contributed by atoms with Crippen LogP contribution in [0.4, 0.5) is 0 Å². The first-order valence-corrected chi connectivity index (χ1v) is 6.39. The van der Waals surface area contributed by atoms with Crippen LogP contribution in [0, 0.1) is 0 Å². The maximum Gasteiger partial charge on any atom is 0.304 e. The van der Waals surface area contributed by atoms with E-state index in [0.29, 0.717) is 0 Å². The maximum atomic E-state index is 10.6. The molecule has 0 fully saturated rings. The Kier molecular flexibility index (Phi) is 3.43. The van der Waals surface area contributed by atoms with Crippen LogP contribution in [0.2, 0.25) is 0 Å². The van der Waals surface area contributed by atoms with Gasteiger partial charge >= 0.3 is 5.97 Å². The normalized spacial score (nSPS) is 12.8. The molecule has 1 N–H and O–H groups in total. The Hall–Kier alpha value is -1.42. The highest BCUT2D eigenvalue weighted by molar-refractivity contribution is 7.99. The number of fused-ring (bicyclic) bond motifs is 1. The number of aromatic nitrogens is 1. The summed E-state index contributed by atoms with van der Waals surface area (Å²) in [4.78, 5) is 10.6. The third-order valence-corrected chi connectivity index (χ3v) is 3.89. The molecule has 0 spiro atoms. The molecule has 0 amide bonds. The van der Waals surface area contributed by atoms with E-state index in [1.165, 1.54) is 10.9 Å². The lowest BCUT2D eigenvalue weighted by Gasteiger charge is -2.09. The van der Waals surface area contributed by atoms with E-state index < -0.39 is 5.97 Å². The molecule has 2 aromatic rings. The van der Waals surface area contributed by atoms with Gasteiger partial charge in [0.15, 0.2) is 0 Å². The Balaban J connectivity index is 2.24. The van der Waals surface area contributed by atoms with Gasteiger partial charge in [0, 0.05) is 23.2 Å². The van der Waals surface area contributed by atoms with Crippen molar-refractivity contribution < 1.29 is 9.90 Å². The summed E-state index contributed by atoms with van der Waals surface area (Å²) in [5.74, 6) is -0.747. The van der Waals surface area contributed by atoms with E-state index in [2.05, 4.69) is 22.8 Å². The minimum atomic E-state index is -0.747. The molecule has 0 radical (unpaired) electrons. The molecule has 1 aromatic carbocycles. The monoisotopic (exact) mass is 249 g/mol. The van der Waals surface area contributed by atoms with Crippen molar-refractivity contribution in [3.05, 3.63) is 30.3 Å². The Bertz CT molecular complexity index is 547. The van der Waals surface area contributed by atoms with Gasteiger partial charge in [0.1, 0.15) is 0 Å². The fourth-order valence-corrected chi connectivity index (χ4v) is 2.96. The van der Waals surface area contributed by atoms with E-state index in [4.69, 9.17) is 5.11 Å². The van der Waals surface area contributed by atoms with E-state index in [1.54, 1.807) is 11.8 Å². The molecule has 0 aliphatic rings. The number of carboxylic acid groups (broad SMARTS) is 1. The average molecular weight is 249 g/mol. The SMILES string of the molecule is CC(CC(=O)O)Sc1cc2ccccc2n1C. The molecule has 2 rings (SSSR count). The van der Waals surface area contributed by atoms with Crippen molar-refractivity contribution in [3.8, 4) is 0 Å². The molecule has 0 saturated heterocycles. The Morgan fingerprint density at radius 2 is 2.18 bits per heavy atom. The van der Waals surface area contributed by atoms with Gasteiger partial charge in [-0.15, -0.1) is 11.8 Å². The van der Waals surface area contributed by atoms with Crippen molar-refractivity contribution >= 4 is 28.6 Å². The first-order chi connectivity index (χ1) is 8.08. The number of rotatable bonds is 4. The number of aliphatic carboxylic acids is 1. The van der Waals surface area contributed by atoms with Crippen molar-refractivity contribution in [1.82, 2.24) is 4.57 Å². The average Bonchev–Trinajstić information content (AvgIpc) is 2.55. The second-order valence-corrected chi connectivity index (χ2v) is 5.59. The lowest BCUT2D eigenvalue weighted by molar-refractivity contribution is -0.136. The second kappa shape index (κ2) is 4.84. The molecule has 17 heavy (non-hydrogen) atoms. The zero-order valence-electron chi connectivity index (χ0n) is 9.88. The third-order valence-electron chi connectivity index (χ3n) is 2.69. The minimum absolute atomic E-state index is 0.0792.